The molecule has 0 saturated heterocycles. The van der Waals surface area contributed by atoms with Crippen LogP contribution in [0, 0.1) is 17.8 Å². The van der Waals surface area contributed by atoms with Gasteiger partial charge in [0, 0.05) is 17.6 Å². The lowest BCUT2D eigenvalue weighted by Crippen LogP contribution is -2.58. The molecule has 0 radical (unpaired) electrons. The highest BCUT2D eigenvalue weighted by molar-refractivity contribution is 5.60. The van der Waals surface area contributed by atoms with Crippen LogP contribution in [0.5, 0.6) is 0 Å². The summed E-state index contributed by atoms with van der Waals surface area (Å²) in [7, 11) is 0. The molecule has 4 aliphatic rings. The Morgan fingerprint density at radius 1 is 1.00 bits per heavy atom. The third-order valence-corrected chi connectivity index (χ3v) is 6.88. The van der Waals surface area contributed by atoms with Crippen LogP contribution in [0.15, 0.2) is 30.3 Å². The SMILES string of the molecule is CC(C)n1nc(CNC23CC4CC(CC(C4)C2)C3)c(-c2ccccc2)n1. The zero-order chi connectivity index (χ0) is 17.7. The van der Waals surface area contributed by atoms with E-state index in [9.17, 15) is 0 Å². The van der Waals surface area contributed by atoms with Gasteiger partial charge in [-0.25, -0.2) is 0 Å². The number of hydrogen-bond acceptors (Lipinski definition) is 3. The maximum Gasteiger partial charge on any atom is 0.117 e. The fourth-order valence-electron chi connectivity index (χ4n) is 6.12. The molecule has 0 aliphatic heterocycles. The van der Waals surface area contributed by atoms with Gasteiger partial charge in [0.25, 0.3) is 0 Å². The fraction of sp³-hybridized carbons (Fsp3) is 0.636. The van der Waals surface area contributed by atoms with E-state index in [1.807, 2.05) is 4.80 Å². The molecule has 6 rings (SSSR count). The summed E-state index contributed by atoms with van der Waals surface area (Å²) in [6.45, 7) is 5.12. The van der Waals surface area contributed by atoms with Crippen molar-refractivity contribution in [3.63, 3.8) is 0 Å². The van der Waals surface area contributed by atoms with Gasteiger partial charge in [-0.1, -0.05) is 30.3 Å². The van der Waals surface area contributed by atoms with E-state index in [4.69, 9.17) is 10.2 Å². The summed E-state index contributed by atoms with van der Waals surface area (Å²) in [6.07, 6.45) is 8.58. The van der Waals surface area contributed by atoms with Crippen molar-refractivity contribution >= 4 is 0 Å². The zero-order valence-corrected chi connectivity index (χ0v) is 16.0. The van der Waals surface area contributed by atoms with Crippen molar-refractivity contribution in [3.8, 4) is 11.3 Å². The lowest BCUT2D eigenvalue weighted by atomic mass is 9.53. The molecule has 0 unspecified atom stereocenters. The van der Waals surface area contributed by atoms with Gasteiger partial charge in [-0.05, 0) is 70.1 Å². The third kappa shape index (κ3) is 2.88. The first kappa shape index (κ1) is 16.5. The van der Waals surface area contributed by atoms with Gasteiger partial charge >= 0.3 is 0 Å². The molecule has 2 aromatic rings. The molecule has 1 aromatic carbocycles. The standard InChI is InChI=1S/C22H30N4/c1-15(2)26-24-20(21(25-26)19-6-4-3-5-7-19)14-23-22-11-16-8-17(12-22)10-18(9-16)13-22/h3-7,15-18,23H,8-14H2,1-2H3. The lowest BCUT2D eigenvalue weighted by Gasteiger charge is -2.57. The minimum Gasteiger partial charge on any atom is -0.305 e. The maximum atomic E-state index is 4.85. The highest BCUT2D eigenvalue weighted by Gasteiger charge is 2.50. The van der Waals surface area contributed by atoms with Crippen LogP contribution in [-0.4, -0.2) is 20.5 Å². The molecular formula is C22H30N4. The monoisotopic (exact) mass is 350 g/mol. The van der Waals surface area contributed by atoms with Gasteiger partial charge < -0.3 is 5.32 Å². The Morgan fingerprint density at radius 3 is 2.19 bits per heavy atom. The Labute approximate surface area is 156 Å². The van der Waals surface area contributed by atoms with E-state index in [-0.39, 0.29) is 6.04 Å². The van der Waals surface area contributed by atoms with Crippen molar-refractivity contribution in [2.45, 2.75) is 70.5 Å². The zero-order valence-electron chi connectivity index (χ0n) is 16.0. The molecular weight excluding hydrogens is 320 g/mol. The number of nitrogens with zero attached hydrogens (tertiary/aromatic N) is 3. The van der Waals surface area contributed by atoms with Crippen molar-refractivity contribution in [1.29, 1.82) is 0 Å². The summed E-state index contributed by atoms with van der Waals surface area (Å²) in [6, 6.07) is 10.8. The summed E-state index contributed by atoms with van der Waals surface area (Å²) < 4.78 is 0. The van der Waals surface area contributed by atoms with Crippen LogP contribution in [0.4, 0.5) is 0 Å². The number of rotatable bonds is 5. The first-order valence-corrected chi connectivity index (χ1v) is 10.4. The molecule has 4 heteroatoms. The molecule has 1 aromatic heterocycles. The predicted molar refractivity (Wildman–Crippen MR) is 104 cm³/mol. The minimum absolute atomic E-state index is 0.283. The number of nitrogens with one attached hydrogen (secondary N) is 1. The Hall–Kier alpha value is -1.68. The van der Waals surface area contributed by atoms with Crippen molar-refractivity contribution in [1.82, 2.24) is 20.3 Å². The van der Waals surface area contributed by atoms with Crippen LogP contribution < -0.4 is 5.32 Å². The molecule has 4 aliphatic carbocycles. The second-order valence-corrected chi connectivity index (χ2v) is 9.33. The molecule has 0 atom stereocenters. The summed E-state index contributed by atoms with van der Waals surface area (Å²) >= 11 is 0. The fourth-order valence-corrected chi connectivity index (χ4v) is 6.12. The van der Waals surface area contributed by atoms with Gasteiger partial charge in [0.05, 0.1) is 6.04 Å². The second-order valence-electron chi connectivity index (χ2n) is 9.33. The van der Waals surface area contributed by atoms with Gasteiger partial charge in [-0.15, -0.1) is 0 Å². The Kier molecular flexibility index (Phi) is 3.93. The Balaban J connectivity index is 1.40. The highest BCUT2D eigenvalue weighted by Crippen LogP contribution is 2.55. The first-order chi connectivity index (χ1) is 12.6. The van der Waals surface area contributed by atoms with Gasteiger partial charge in [0.15, 0.2) is 0 Å². The largest absolute Gasteiger partial charge is 0.305 e. The summed E-state index contributed by atoms with van der Waals surface area (Å²) in [5.41, 5.74) is 3.67. The van der Waals surface area contributed by atoms with Crippen molar-refractivity contribution in [3.05, 3.63) is 36.0 Å². The van der Waals surface area contributed by atoms with Crippen LogP contribution in [0.3, 0.4) is 0 Å². The van der Waals surface area contributed by atoms with E-state index < -0.39 is 0 Å². The third-order valence-electron chi connectivity index (χ3n) is 6.88. The lowest BCUT2D eigenvalue weighted by molar-refractivity contribution is -0.0207. The van der Waals surface area contributed by atoms with Crippen LogP contribution >= 0.6 is 0 Å². The molecule has 0 spiro atoms. The summed E-state index contributed by atoms with van der Waals surface area (Å²) in [5.74, 6) is 2.90. The molecule has 4 bridgehead atoms. The Bertz CT molecular complexity index is 741. The van der Waals surface area contributed by atoms with E-state index in [2.05, 4.69) is 49.5 Å². The van der Waals surface area contributed by atoms with Crippen LogP contribution in [0.1, 0.15) is 64.1 Å². The molecule has 4 nitrogen and oxygen atoms in total. The average Bonchev–Trinajstić information content (AvgIpc) is 3.04. The summed E-state index contributed by atoms with van der Waals surface area (Å²) in [5, 5.41) is 13.6. The van der Waals surface area contributed by atoms with Crippen LogP contribution in [0.2, 0.25) is 0 Å². The van der Waals surface area contributed by atoms with E-state index in [0.717, 1.165) is 35.7 Å². The average molecular weight is 351 g/mol. The van der Waals surface area contributed by atoms with E-state index in [1.54, 1.807) is 0 Å². The number of aromatic nitrogens is 3. The van der Waals surface area contributed by atoms with Gasteiger partial charge in [-0.3, -0.25) is 0 Å². The highest BCUT2D eigenvalue weighted by atomic mass is 15.5. The van der Waals surface area contributed by atoms with Gasteiger partial charge in [-0.2, -0.15) is 15.0 Å². The van der Waals surface area contributed by atoms with Crippen molar-refractivity contribution in [2.24, 2.45) is 17.8 Å². The second kappa shape index (κ2) is 6.19. The van der Waals surface area contributed by atoms with E-state index in [0.29, 0.717) is 5.54 Å². The smallest absolute Gasteiger partial charge is 0.117 e. The van der Waals surface area contributed by atoms with Gasteiger partial charge in [0.1, 0.15) is 11.4 Å². The quantitative estimate of drug-likeness (QED) is 0.858. The molecule has 138 valence electrons. The van der Waals surface area contributed by atoms with Crippen molar-refractivity contribution in [2.75, 3.05) is 0 Å². The molecule has 4 saturated carbocycles. The molecule has 0 amide bonds. The molecule has 1 N–H and O–H groups in total. The topological polar surface area (TPSA) is 42.7 Å². The van der Waals surface area contributed by atoms with Gasteiger partial charge in [0.2, 0.25) is 0 Å². The van der Waals surface area contributed by atoms with E-state index in [1.165, 1.54) is 44.1 Å². The van der Waals surface area contributed by atoms with E-state index >= 15 is 0 Å². The maximum absolute atomic E-state index is 4.85. The van der Waals surface area contributed by atoms with Crippen molar-refractivity contribution < 1.29 is 0 Å². The summed E-state index contributed by atoms with van der Waals surface area (Å²) in [4.78, 5) is 1.87. The predicted octanol–water partition coefficient (Wildman–Crippen LogP) is 4.58. The molecule has 4 fully saturated rings. The first-order valence-electron chi connectivity index (χ1n) is 10.4. The number of hydrogen-bond donors (Lipinski definition) is 1. The minimum atomic E-state index is 0.283. The number of benzene rings is 1. The molecule has 26 heavy (non-hydrogen) atoms. The molecule has 1 heterocycles. The van der Waals surface area contributed by atoms with Crippen LogP contribution in [0.25, 0.3) is 11.3 Å². The van der Waals surface area contributed by atoms with Crippen LogP contribution in [-0.2, 0) is 6.54 Å². The normalized spacial score (nSPS) is 32.5. The Morgan fingerprint density at radius 2 is 1.62 bits per heavy atom.